The zero-order chi connectivity index (χ0) is 7.72. The first-order chi connectivity index (χ1) is 4.66. The highest BCUT2D eigenvalue weighted by molar-refractivity contribution is 6.04. The van der Waals surface area contributed by atoms with Gasteiger partial charge in [-0.2, -0.15) is 0 Å². The maximum absolute atomic E-state index is 10.9. The SMILES string of the molecule is CC[C@@H]1C(=O)NC(=O)[C@@H]1C. The lowest BCUT2D eigenvalue weighted by Crippen LogP contribution is -2.21. The molecule has 0 aromatic rings. The van der Waals surface area contributed by atoms with Crippen molar-refractivity contribution in [2.24, 2.45) is 11.8 Å². The largest absolute Gasteiger partial charge is 0.296 e. The molecule has 3 nitrogen and oxygen atoms in total. The van der Waals surface area contributed by atoms with Crippen LogP contribution in [-0.2, 0) is 9.59 Å². The van der Waals surface area contributed by atoms with Gasteiger partial charge in [0.05, 0.1) is 0 Å². The van der Waals surface area contributed by atoms with E-state index >= 15 is 0 Å². The first-order valence-corrected chi connectivity index (χ1v) is 3.51. The summed E-state index contributed by atoms with van der Waals surface area (Å²) in [5.74, 6) is -0.457. The molecular weight excluding hydrogens is 130 g/mol. The van der Waals surface area contributed by atoms with Crippen molar-refractivity contribution in [3.63, 3.8) is 0 Å². The summed E-state index contributed by atoms with van der Waals surface area (Å²) < 4.78 is 0. The Labute approximate surface area is 59.8 Å². The molecule has 2 atom stereocenters. The van der Waals surface area contributed by atoms with Gasteiger partial charge in [-0.25, -0.2) is 0 Å². The van der Waals surface area contributed by atoms with Crippen molar-refractivity contribution in [3.05, 3.63) is 0 Å². The van der Waals surface area contributed by atoms with Crippen LogP contribution in [0.5, 0.6) is 0 Å². The molecule has 2 amide bonds. The van der Waals surface area contributed by atoms with Gasteiger partial charge in [-0.15, -0.1) is 0 Å². The quantitative estimate of drug-likeness (QED) is 0.534. The molecule has 1 saturated heterocycles. The van der Waals surface area contributed by atoms with Crippen LogP contribution in [0.1, 0.15) is 20.3 Å². The predicted octanol–water partition coefficient (Wildman–Crippen LogP) is 0.305. The first-order valence-electron chi connectivity index (χ1n) is 3.51. The van der Waals surface area contributed by atoms with Gasteiger partial charge < -0.3 is 0 Å². The highest BCUT2D eigenvalue weighted by Gasteiger charge is 2.36. The van der Waals surface area contributed by atoms with Crippen LogP contribution in [0.4, 0.5) is 0 Å². The van der Waals surface area contributed by atoms with Crippen LogP contribution in [0, 0.1) is 11.8 Å². The number of carbonyl (C=O) groups excluding carboxylic acids is 2. The number of rotatable bonds is 1. The molecule has 0 aromatic carbocycles. The molecule has 56 valence electrons. The highest BCUT2D eigenvalue weighted by atomic mass is 16.2. The summed E-state index contributed by atoms with van der Waals surface area (Å²) in [6, 6.07) is 0. The van der Waals surface area contributed by atoms with Crippen LogP contribution in [0.25, 0.3) is 0 Å². The molecule has 1 rings (SSSR count). The Hall–Kier alpha value is -0.860. The minimum atomic E-state index is -0.128. The number of carbonyl (C=O) groups is 2. The summed E-state index contributed by atoms with van der Waals surface area (Å²) >= 11 is 0. The fraction of sp³-hybridized carbons (Fsp3) is 0.714. The monoisotopic (exact) mass is 141 g/mol. The third-order valence-corrected chi connectivity index (χ3v) is 2.04. The molecule has 0 aliphatic carbocycles. The van der Waals surface area contributed by atoms with Gasteiger partial charge in [-0.3, -0.25) is 14.9 Å². The van der Waals surface area contributed by atoms with E-state index in [0.29, 0.717) is 0 Å². The van der Waals surface area contributed by atoms with Crippen molar-refractivity contribution in [1.29, 1.82) is 0 Å². The molecule has 0 unspecified atom stereocenters. The fourth-order valence-electron chi connectivity index (χ4n) is 1.28. The molecule has 0 aromatic heterocycles. The molecule has 1 fully saturated rings. The van der Waals surface area contributed by atoms with Crippen molar-refractivity contribution in [1.82, 2.24) is 5.32 Å². The third-order valence-electron chi connectivity index (χ3n) is 2.04. The van der Waals surface area contributed by atoms with Gasteiger partial charge in [0.25, 0.3) is 0 Å². The second kappa shape index (κ2) is 2.40. The predicted molar refractivity (Wildman–Crippen MR) is 36.1 cm³/mol. The van der Waals surface area contributed by atoms with Crippen molar-refractivity contribution in [3.8, 4) is 0 Å². The summed E-state index contributed by atoms with van der Waals surface area (Å²) in [4.78, 5) is 21.7. The van der Waals surface area contributed by atoms with E-state index in [1.165, 1.54) is 0 Å². The Balaban J connectivity index is 2.73. The van der Waals surface area contributed by atoms with E-state index in [1.807, 2.05) is 6.92 Å². The number of amides is 2. The standard InChI is InChI=1S/C7H11NO2/c1-3-5-4(2)6(9)8-7(5)10/h4-5H,3H2,1-2H3,(H,8,9,10)/t4-,5+/m1/s1. The molecule has 0 bridgehead atoms. The van der Waals surface area contributed by atoms with E-state index in [1.54, 1.807) is 6.92 Å². The Morgan fingerprint density at radius 2 is 2.00 bits per heavy atom. The molecule has 0 saturated carbocycles. The lowest BCUT2D eigenvalue weighted by molar-refractivity contribution is -0.126. The van der Waals surface area contributed by atoms with Gasteiger partial charge in [-0.1, -0.05) is 13.8 Å². The highest BCUT2D eigenvalue weighted by Crippen LogP contribution is 2.20. The van der Waals surface area contributed by atoms with Gasteiger partial charge in [0, 0.05) is 11.8 Å². The molecule has 1 N–H and O–H groups in total. The van der Waals surface area contributed by atoms with Crippen LogP contribution in [0.2, 0.25) is 0 Å². The Morgan fingerprint density at radius 1 is 1.40 bits per heavy atom. The van der Waals surface area contributed by atoms with Crippen LogP contribution < -0.4 is 5.32 Å². The summed E-state index contributed by atoms with van der Waals surface area (Å²) in [6.07, 6.45) is 0.749. The molecule has 0 radical (unpaired) electrons. The average molecular weight is 141 g/mol. The van der Waals surface area contributed by atoms with Gasteiger partial charge in [0.1, 0.15) is 0 Å². The van der Waals surface area contributed by atoms with Crippen LogP contribution in [0.3, 0.4) is 0 Å². The van der Waals surface area contributed by atoms with Crippen LogP contribution >= 0.6 is 0 Å². The molecule has 10 heavy (non-hydrogen) atoms. The van der Waals surface area contributed by atoms with Crippen molar-refractivity contribution >= 4 is 11.8 Å². The van der Waals surface area contributed by atoms with E-state index in [4.69, 9.17) is 0 Å². The third kappa shape index (κ3) is 0.916. The lowest BCUT2D eigenvalue weighted by atomic mass is 9.95. The summed E-state index contributed by atoms with van der Waals surface area (Å²) in [6.45, 7) is 3.70. The summed E-state index contributed by atoms with van der Waals surface area (Å²) in [5.41, 5.74) is 0. The zero-order valence-electron chi connectivity index (χ0n) is 6.18. The molecule has 1 heterocycles. The Kier molecular flexibility index (Phi) is 1.74. The number of hydrogen-bond acceptors (Lipinski definition) is 2. The number of imide groups is 1. The van der Waals surface area contributed by atoms with Crippen molar-refractivity contribution in [2.45, 2.75) is 20.3 Å². The van der Waals surface area contributed by atoms with Gasteiger partial charge in [0.15, 0.2) is 0 Å². The van der Waals surface area contributed by atoms with E-state index in [2.05, 4.69) is 5.32 Å². The minimum Gasteiger partial charge on any atom is -0.296 e. The number of nitrogens with one attached hydrogen (secondary N) is 1. The first kappa shape index (κ1) is 7.25. The van der Waals surface area contributed by atoms with E-state index in [-0.39, 0.29) is 23.7 Å². The van der Waals surface area contributed by atoms with Crippen LogP contribution in [-0.4, -0.2) is 11.8 Å². The Bertz CT molecular complexity index is 176. The number of hydrogen-bond donors (Lipinski definition) is 1. The molecule has 1 aliphatic heterocycles. The zero-order valence-corrected chi connectivity index (χ0v) is 6.18. The maximum Gasteiger partial charge on any atom is 0.230 e. The normalized spacial score (nSPS) is 32.6. The second-order valence-corrected chi connectivity index (χ2v) is 2.66. The maximum atomic E-state index is 10.9. The molecule has 3 heteroatoms. The topological polar surface area (TPSA) is 46.2 Å². The molecule has 1 aliphatic rings. The second-order valence-electron chi connectivity index (χ2n) is 2.66. The smallest absolute Gasteiger partial charge is 0.230 e. The lowest BCUT2D eigenvalue weighted by Gasteiger charge is -2.04. The summed E-state index contributed by atoms with van der Waals surface area (Å²) in [7, 11) is 0. The van der Waals surface area contributed by atoms with Gasteiger partial charge in [0.2, 0.25) is 11.8 Å². The van der Waals surface area contributed by atoms with E-state index < -0.39 is 0 Å². The Morgan fingerprint density at radius 3 is 2.20 bits per heavy atom. The van der Waals surface area contributed by atoms with Crippen molar-refractivity contribution < 1.29 is 9.59 Å². The summed E-state index contributed by atoms with van der Waals surface area (Å²) in [5, 5.41) is 2.29. The van der Waals surface area contributed by atoms with Crippen molar-refractivity contribution in [2.75, 3.05) is 0 Å². The average Bonchev–Trinajstić information content (AvgIpc) is 2.09. The fourth-order valence-corrected chi connectivity index (χ4v) is 1.28. The van der Waals surface area contributed by atoms with Gasteiger partial charge in [-0.05, 0) is 6.42 Å². The van der Waals surface area contributed by atoms with E-state index in [0.717, 1.165) is 6.42 Å². The minimum absolute atomic E-state index is 0.0903. The van der Waals surface area contributed by atoms with Crippen LogP contribution in [0.15, 0.2) is 0 Å². The molecule has 0 spiro atoms. The van der Waals surface area contributed by atoms with E-state index in [9.17, 15) is 9.59 Å². The van der Waals surface area contributed by atoms with Gasteiger partial charge >= 0.3 is 0 Å². The molecular formula is C7H11NO2.